The van der Waals surface area contributed by atoms with E-state index >= 15 is 0 Å². The van der Waals surface area contributed by atoms with Gasteiger partial charge in [0.15, 0.2) is 0 Å². The molecule has 0 aliphatic carbocycles. The van der Waals surface area contributed by atoms with Gasteiger partial charge in [-0.3, -0.25) is 0 Å². The molecule has 1 aromatic rings. The third-order valence-corrected chi connectivity index (χ3v) is 4.44. The molecule has 0 amide bonds. The average molecular weight is 263 g/mol. The fourth-order valence-electron chi connectivity index (χ4n) is 1.13. The van der Waals surface area contributed by atoms with Gasteiger partial charge in [0.2, 0.25) is 0 Å². The van der Waals surface area contributed by atoms with E-state index in [1.165, 1.54) is 9.35 Å². The van der Waals surface area contributed by atoms with E-state index < -0.39 is 0 Å². The SMILES string of the molecule is CCC(C)(CO)Cc1sccc1Br. The van der Waals surface area contributed by atoms with Crippen LogP contribution >= 0.6 is 27.3 Å². The van der Waals surface area contributed by atoms with Crippen molar-refractivity contribution in [3.8, 4) is 0 Å². The van der Waals surface area contributed by atoms with Gasteiger partial charge in [0, 0.05) is 16.0 Å². The summed E-state index contributed by atoms with van der Waals surface area (Å²) in [6, 6.07) is 2.06. The first-order valence-electron chi connectivity index (χ1n) is 4.44. The summed E-state index contributed by atoms with van der Waals surface area (Å²) >= 11 is 5.26. The first kappa shape index (κ1) is 11.2. The maximum absolute atomic E-state index is 9.26. The lowest BCUT2D eigenvalue weighted by molar-refractivity contribution is 0.138. The Labute approximate surface area is 91.9 Å². The molecule has 0 aliphatic heterocycles. The van der Waals surface area contributed by atoms with Crippen molar-refractivity contribution in [1.82, 2.24) is 0 Å². The van der Waals surface area contributed by atoms with Gasteiger partial charge in [0.05, 0.1) is 0 Å². The Bertz CT molecular complexity index is 266. The highest BCUT2D eigenvalue weighted by molar-refractivity contribution is 9.10. The molecule has 0 aliphatic rings. The number of halogens is 1. The van der Waals surface area contributed by atoms with Gasteiger partial charge in [0.25, 0.3) is 0 Å². The van der Waals surface area contributed by atoms with Crippen molar-refractivity contribution in [1.29, 1.82) is 0 Å². The number of aliphatic hydroxyl groups excluding tert-OH is 1. The van der Waals surface area contributed by atoms with Gasteiger partial charge >= 0.3 is 0 Å². The summed E-state index contributed by atoms with van der Waals surface area (Å²) in [7, 11) is 0. The Morgan fingerprint density at radius 1 is 1.62 bits per heavy atom. The number of rotatable bonds is 4. The Morgan fingerprint density at radius 2 is 2.31 bits per heavy atom. The minimum absolute atomic E-state index is 0.0351. The van der Waals surface area contributed by atoms with Crippen LogP contribution in [0.25, 0.3) is 0 Å². The predicted octanol–water partition coefficient (Wildman–Crippen LogP) is 3.46. The van der Waals surface area contributed by atoms with E-state index in [2.05, 4.69) is 41.2 Å². The van der Waals surface area contributed by atoms with Crippen LogP contribution in [0.15, 0.2) is 15.9 Å². The van der Waals surface area contributed by atoms with Crippen molar-refractivity contribution in [2.75, 3.05) is 6.61 Å². The molecule has 1 N–H and O–H groups in total. The van der Waals surface area contributed by atoms with Crippen molar-refractivity contribution in [2.45, 2.75) is 26.7 Å². The van der Waals surface area contributed by atoms with Gasteiger partial charge in [-0.15, -0.1) is 11.3 Å². The minimum atomic E-state index is 0.0351. The van der Waals surface area contributed by atoms with Crippen LogP contribution in [0, 0.1) is 5.41 Å². The maximum atomic E-state index is 9.26. The smallest absolute Gasteiger partial charge is 0.0488 e. The standard InChI is InChI=1S/C10H15BrOS/c1-3-10(2,7-12)6-9-8(11)4-5-13-9/h4-5,12H,3,6-7H2,1-2H3. The van der Waals surface area contributed by atoms with Crippen molar-refractivity contribution in [3.63, 3.8) is 0 Å². The third-order valence-electron chi connectivity index (χ3n) is 2.51. The largest absolute Gasteiger partial charge is 0.396 e. The molecule has 0 aromatic carbocycles. The van der Waals surface area contributed by atoms with Crippen LogP contribution in [-0.2, 0) is 6.42 Å². The van der Waals surface area contributed by atoms with Gasteiger partial charge in [-0.25, -0.2) is 0 Å². The fourth-order valence-corrected chi connectivity index (χ4v) is 2.84. The molecule has 0 fully saturated rings. The van der Waals surface area contributed by atoms with E-state index in [0.717, 1.165) is 12.8 Å². The lowest BCUT2D eigenvalue weighted by Gasteiger charge is -2.24. The van der Waals surface area contributed by atoms with Crippen LogP contribution in [-0.4, -0.2) is 11.7 Å². The van der Waals surface area contributed by atoms with Crippen LogP contribution in [0.2, 0.25) is 0 Å². The second kappa shape index (κ2) is 4.58. The number of thiophene rings is 1. The van der Waals surface area contributed by atoms with Crippen LogP contribution < -0.4 is 0 Å². The highest BCUT2D eigenvalue weighted by atomic mass is 79.9. The van der Waals surface area contributed by atoms with Crippen molar-refractivity contribution < 1.29 is 5.11 Å². The Kier molecular flexibility index (Phi) is 3.95. The average Bonchev–Trinajstić information content (AvgIpc) is 2.52. The highest BCUT2D eigenvalue weighted by Crippen LogP contribution is 2.32. The second-order valence-electron chi connectivity index (χ2n) is 3.69. The molecule has 0 bridgehead atoms. The van der Waals surface area contributed by atoms with Crippen LogP contribution in [0.3, 0.4) is 0 Å². The Balaban J connectivity index is 2.73. The summed E-state index contributed by atoms with van der Waals surface area (Å²) < 4.78 is 1.17. The molecule has 1 rings (SSSR count). The van der Waals surface area contributed by atoms with E-state index in [1.54, 1.807) is 11.3 Å². The monoisotopic (exact) mass is 262 g/mol. The topological polar surface area (TPSA) is 20.2 Å². The van der Waals surface area contributed by atoms with E-state index in [9.17, 15) is 5.11 Å². The third kappa shape index (κ3) is 2.79. The predicted molar refractivity (Wildman–Crippen MR) is 61.2 cm³/mol. The summed E-state index contributed by atoms with van der Waals surface area (Å²) in [6.07, 6.45) is 1.96. The molecule has 0 saturated carbocycles. The molecular weight excluding hydrogens is 248 g/mol. The van der Waals surface area contributed by atoms with Gasteiger partial charge in [-0.1, -0.05) is 13.8 Å². The molecule has 3 heteroatoms. The van der Waals surface area contributed by atoms with Crippen molar-refractivity contribution in [2.24, 2.45) is 5.41 Å². The highest BCUT2D eigenvalue weighted by Gasteiger charge is 2.22. The molecule has 74 valence electrons. The molecule has 1 aromatic heterocycles. The number of hydrogen-bond donors (Lipinski definition) is 1. The lowest BCUT2D eigenvalue weighted by Crippen LogP contribution is -2.22. The van der Waals surface area contributed by atoms with Gasteiger partial charge in [-0.05, 0) is 45.6 Å². The van der Waals surface area contributed by atoms with Crippen molar-refractivity contribution in [3.05, 3.63) is 20.8 Å². The van der Waals surface area contributed by atoms with E-state index in [0.29, 0.717) is 0 Å². The van der Waals surface area contributed by atoms with Crippen LogP contribution in [0.4, 0.5) is 0 Å². The van der Waals surface area contributed by atoms with E-state index in [-0.39, 0.29) is 12.0 Å². The molecular formula is C10H15BrOS. The summed E-state index contributed by atoms with van der Waals surface area (Å²) in [4.78, 5) is 1.33. The number of aliphatic hydroxyl groups is 1. The summed E-state index contributed by atoms with van der Waals surface area (Å²) in [6.45, 7) is 4.50. The molecule has 0 radical (unpaired) electrons. The first-order valence-corrected chi connectivity index (χ1v) is 6.11. The van der Waals surface area contributed by atoms with E-state index in [1.807, 2.05) is 0 Å². The zero-order valence-corrected chi connectivity index (χ0v) is 10.4. The molecule has 13 heavy (non-hydrogen) atoms. The maximum Gasteiger partial charge on any atom is 0.0488 e. The van der Waals surface area contributed by atoms with E-state index in [4.69, 9.17) is 0 Å². The molecule has 1 heterocycles. The molecule has 1 nitrogen and oxygen atoms in total. The van der Waals surface area contributed by atoms with Crippen molar-refractivity contribution >= 4 is 27.3 Å². The lowest BCUT2D eigenvalue weighted by atomic mass is 9.84. The minimum Gasteiger partial charge on any atom is -0.396 e. The normalized spacial score (nSPS) is 15.7. The fraction of sp³-hybridized carbons (Fsp3) is 0.600. The number of hydrogen-bond acceptors (Lipinski definition) is 2. The molecule has 1 atom stereocenters. The summed E-state index contributed by atoms with van der Waals surface area (Å²) in [5.74, 6) is 0. The van der Waals surface area contributed by atoms with Gasteiger partial charge in [0.1, 0.15) is 0 Å². The van der Waals surface area contributed by atoms with Crippen LogP contribution in [0.5, 0.6) is 0 Å². The zero-order chi connectivity index (χ0) is 9.90. The molecule has 0 spiro atoms. The quantitative estimate of drug-likeness (QED) is 0.882. The van der Waals surface area contributed by atoms with Crippen LogP contribution in [0.1, 0.15) is 25.1 Å². The first-order chi connectivity index (χ1) is 6.11. The molecule has 0 saturated heterocycles. The second-order valence-corrected chi connectivity index (χ2v) is 5.55. The van der Waals surface area contributed by atoms with Gasteiger partial charge in [-0.2, -0.15) is 0 Å². The summed E-state index contributed by atoms with van der Waals surface area (Å²) in [5, 5.41) is 11.3. The summed E-state index contributed by atoms with van der Waals surface area (Å²) in [5.41, 5.74) is 0.0351. The Morgan fingerprint density at radius 3 is 2.69 bits per heavy atom. The van der Waals surface area contributed by atoms with Gasteiger partial charge < -0.3 is 5.11 Å². The zero-order valence-electron chi connectivity index (χ0n) is 8.01. The molecule has 1 unspecified atom stereocenters. The Hall–Kier alpha value is 0.140.